The molecule has 5 atom stereocenters. The van der Waals surface area contributed by atoms with Gasteiger partial charge in [-0.3, -0.25) is 9.59 Å². The van der Waals surface area contributed by atoms with Crippen molar-refractivity contribution in [1.82, 2.24) is 0 Å². The Labute approximate surface area is 159 Å². The Bertz CT molecular complexity index is 676. The number of methoxy groups -OCH3 is 2. The Morgan fingerprint density at radius 3 is 2.70 bits per heavy atom. The van der Waals surface area contributed by atoms with Crippen LogP contribution in [0.15, 0.2) is 35.6 Å². The summed E-state index contributed by atoms with van der Waals surface area (Å²) in [6.45, 7) is 4.71. The maximum atomic E-state index is 11.9. The van der Waals surface area contributed by atoms with E-state index in [-0.39, 0.29) is 42.0 Å². The standard InChI is InChI=1S/C21H28O6/c1-12(13-4-6-17(23)19(8-13)25-2)16-11-27-21(15(16)10-22)14-5-7-18(24)20(9-14)26-3/h8-9,14-16,19,21-22H,1,4-7,10-11H2,2-3H3. The normalized spacial score (nSPS) is 34.3. The van der Waals surface area contributed by atoms with Crippen LogP contribution in [0.25, 0.3) is 0 Å². The molecule has 0 bridgehead atoms. The first-order valence-corrected chi connectivity index (χ1v) is 9.47. The second kappa shape index (κ2) is 8.50. The first-order valence-electron chi connectivity index (χ1n) is 9.47. The molecular weight excluding hydrogens is 348 g/mol. The Kier molecular flexibility index (Phi) is 6.29. The van der Waals surface area contributed by atoms with Crippen molar-refractivity contribution in [2.24, 2.45) is 17.8 Å². The molecule has 1 N–H and O–H groups in total. The van der Waals surface area contributed by atoms with Gasteiger partial charge in [-0.1, -0.05) is 6.58 Å². The third kappa shape index (κ3) is 3.93. The number of allylic oxidation sites excluding steroid dienone is 2. The molecular formula is C21H28O6. The van der Waals surface area contributed by atoms with Crippen LogP contribution in [0.2, 0.25) is 0 Å². The smallest absolute Gasteiger partial charge is 0.197 e. The third-order valence-electron chi connectivity index (χ3n) is 6.03. The molecule has 0 aromatic carbocycles. The van der Waals surface area contributed by atoms with Crippen LogP contribution < -0.4 is 0 Å². The van der Waals surface area contributed by atoms with Crippen molar-refractivity contribution in [3.63, 3.8) is 0 Å². The predicted molar refractivity (Wildman–Crippen MR) is 98.9 cm³/mol. The number of rotatable bonds is 6. The van der Waals surface area contributed by atoms with Crippen LogP contribution >= 0.6 is 0 Å². The van der Waals surface area contributed by atoms with Gasteiger partial charge in [0.2, 0.25) is 0 Å². The van der Waals surface area contributed by atoms with Gasteiger partial charge in [0.15, 0.2) is 17.3 Å². The number of carbonyl (C=O) groups is 2. The predicted octanol–water partition coefficient (Wildman–Crippen LogP) is 1.98. The van der Waals surface area contributed by atoms with Crippen LogP contribution in [-0.4, -0.2) is 56.3 Å². The number of carbonyl (C=O) groups excluding carboxylic acids is 2. The van der Waals surface area contributed by atoms with Crippen LogP contribution in [0.1, 0.15) is 25.7 Å². The fourth-order valence-electron chi connectivity index (χ4n) is 4.42. The molecule has 1 aliphatic heterocycles. The Balaban J connectivity index is 1.77. The van der Waals surface area contributed by atoms with Gasteiger partial charge in [-0.2, -0.15) is 0 Å². The van der Waals surface area contributed by atoms with Crippen molar-refractivity contribution in [2.75, 3.05) is 27.4 Å². The molecule has 148 valence electrons. The molecule has 1 heterocycles. The number of aliphatic hydroxyl groups excluding tert-OH is 1. The van der Waals surface area contributed by atoms with E-state index < -0.39 is 6.10 Å². The van der Waals surface area contributed by atoms with Gasteiger partial charge in [0.1, 0.15) is 6.10 Å². The molecule has 1 saturated heterocycles. The molecule has 3 aliphatic rings. The Morgan fingerprint density at radius 1 is 1.26 bits per heavy atom. The molecule has 0 spiro atoms. The average Bonchev–Trinajstić information content (AvgIpc) is 3.12. The van der Waals surface area contributed by atoms with Crippen molar-refractivity contribution in [3.8, 4) is 0 Å². The minimum absolute atomic E-state index is 0.0101. The minimum atomic E-state index is -0.521. The lowest BCUT2D eigenvalue weighted by molar-refractivity contribution is -0.126. The molecule has 0 radical (unpaired) electrons. The molecule has 3 rings (SSSR count). The number of ether oxygens (including phenoxy) is 3. The van der Waals surface area contributed by atoms with Crippen molar-refractivity contribution in [1.29, 1.82) is 0 Å². The van der Waals surface area contributed by atoms with Gasteiger partial charge in [-0.15, -0.1) is 0 Å². The van der Waals surface area contributed by atoms with Crippen LogP contribution in [0, 0.1) is 17.8 Å². The summed E-state index contributed by atoms with van der Waals surface area (Å²) in [5.41, 5.74) is 1.93. The minimum Gasteiger partial charge on any atom is -0.493 e. The van der Waals surface area contributed by atoms with E-state index in [1.54, 1.807) is 0 Å². The molecule has 0 aromatic heterocycles. The fraction of sp³-hybridized carbons (Fsp3) is 0.619. The summed E-state index contributed by atoms with van der Waals surface area (Å²) in [6.07, 6.45) is 5.18. The van der Waals surface area contributed by atoms with Gasteiger partial charge in [0.25, 0.3) is 0 Å². The maximum Gasteiger partial charge on any atom is 0.197 e. The zero-order valence-electron chi connectivity index (χ0n) is 16.0. The topological polar surface area (TPSA) is 82.1 Å². The lowest BCUT2D eigenvalue weighted by Gasteiger charge is -2.30. The third-order valence-corrected chi connectivity index (χ3v) is 6.03. The van der Waals surface area contributed by atoms with Gasteiger partial charge in [-0.25, -0.2) is 0 Å². The van der Waals surface area contributed by atoms with E-state index in [1.807, 2.05) is 12.2 Å². The highest BCUT2D eigenvalue weighted by atomic mass is 16.5. The van der Waals surface area contributed by atoms with Crippen molar-refractivity contribution in [2.45, 2.75) is 37.9 Å². The Hall–Kier alpha value is -1.76. The molecule has 0 amide bonds. The molecule has 27 heavy (non-hydrogen) atoms. The number of hydrogen-bond donors (Lipinski definition) is 1. The first-order chi connectivity index (χ1) is 13.0. The number of ketones is 2. The van der Waals surface area contributed by atoms with Crippen LogP contribution in [-0.2, 0) is 23.8 Å². The molecule has 0 aromatic rings. The lowest BCUT2D eigenvalue weighted by atomic mass is 9.75. The highest BCUT2D eigenvalue weighted by Gasteiger charge is 2.43. The second-order valence-corrected chi connectivity index (χ2v) is 7.45. The van der Waals surface area contributed by atoms with E-state index in [0.29, 0.717) is 38.0 Å². The molecule has 2 aliphatic carbocycles. The van der Waals surface area contributed by atoms with Crippen molar-refractivity contribution in [3.05, 3.63) is 35.6 Å². The van der Waals surface area contributed by atoms with Gasteiger partial charge in [0.05, 0.1) is 19.8 Å². The maximum absolute atomic E-state index is 11.9. The monoisotopic (exact) mass is 376 g/mol. The summed E-state index contributed by atoms with van der Waals surface area (Å²) in [6, 6.07) is 0. The van der Waals surface area contributed by atoms with Crippen molar-refractivity contribution < 1.29 is 28.9 Å². The summed E-state index contributed by atoms with van der Waals surface area (Å²) in [5.74, 6) is 0.373. The van der Waals surface area contributed by atoms with Crippen LogP contribution in [0.3, 0.4) is 0 Å². The summed E-state index contributed by atoms with van der Waals surface area (Å²) in [7, 11) is 3.03. The van der Waals surface area contributed by atoms with E-state index in [9.17, 15) is 14.7 Å². The highest BCUT2D eigenvalue weighted by molar-refractivity contribution is 5.94. The molecule has 0 saturated carbocycles. The number of aliphatic hydroxyl groups is 1. The van der Waals surface area contributed by atoms with E-state index in [2.05, 4.69) is 6.58 Å². The van der Waals surface area contributed by atoms with Crippen molar-refractivity contribution >= 4 is 11.6 Å². The van der Waals surface area contributed by atoms with Gasteiger partial charge in [0, 0.05) is 44.3 Å². The first kappa shape index (κ1) is 20.0. The highest BCUT2D eigenvalue weighted by Crippen LogP contribution is 2.42. The summed E-state index contributed by atoms with van der Waals surface area (Å²) < 4.78 is 16.5. The summed E-state index contributed by atoms with van der Waals surface area (Å²) in [5, 5.41) is 10.1. The van der Waals surface area contributed by atoms with Gasteiger partial charge in [-0.05, 0) is 36.1 Å². The van der Waals surface area contributed by atoms with E-state index in [1.165, 1.54) is 14.2 Å². The lowest BCUT2D eigenvalue weighted by Crippen LogP contribution is -2.34. The second-order valence-electron chi connectivity index (χ2n) is 7.45. The number of hydrogen-bond acceptors (Lipinski definition) is 6. The van der Waals surface area contributed by atoms with Gasteiger partial charge >= 0.3 is 0 Å². The summed E-state index contributed by atoms with van der Waals surface area (Å²) >= 11 is 0. The van der Waals surface area contributed by atoms with Crippen LogP contribution in [0.5, 0.6) is 0 Å². The SMILES string of the molecule is C=C(C1=CC(OC)C(=O)CC1)C1COC(C2C=C(OC)C(=O)CC2)C1CO. The molecule has 1 fully saturated rings. The fourth-order valence-corrected chi connectivity index (χ4v) is 4.42. The Morgan fingerprint density at radius 2 is 2.04 bits per heavy atom. The quantitative estimate of drug-likeness (QED) is 0.763. The zero-order chi connectivity index (χ0) is 19.6. The largest absolute Gasteiger partial charge is 0.493 e. The zero-order valence-corrected chi connectivity index (χ0v) is 16.0. The van der Waals surface area contributed by atoms with E-state index in [4.69, 9.17) is 14.2 Å². The van der Waals surface area contributed by atoms with E-state index in [0.717, 1.165) is 11.1 Å². The van der Waals surface area contributed by atoms with Gasteiger partial charge < -0.3 is 19.3 Å². The summed E-state index contributed by atoms with van der Waals surface area (Å²) in [4.78, 5) is 23.7. The number of Topliss-reactive ketones (excluding diaryl/α,β-unsaturated/α-hetero) is 2. The average molecular weight is 376 g/mol. The molecule has 6 heteroatoms. The molecule has 6 nitrogen and oxygen atoms in total. The molecule has 5 unspecified atom stereocenters. The van der Waals surface area contributed by atoms with E-state index >= 15 is 0 Å². The van der Waals surface area contributed by atoms with Crippen LogP contribution in [0.4, 0.5) is 0 Å².